The first kappa shape index (κ1) is 21.0. The van der Waals surface area contributed by atoms with Crippen LogP contribution in [0.3, 0.4) is 0 Å². The number of fused-ring (bicyclic) bond motifs is 3. The van der Waals surface area contributed by atoms with E-state index in [4.69, 9.17) is 5.73 Å². The predicted octanol–water partition coefficient (Wildman–Crippen LogP) is 4.18. The smallest absolute Gasteiger partial charge is 0.245 e. The number of carbonyl (C=O) groups is 2. The molecule has 2 heterocycles. The number of rotatable bonds is 1. The summed E-state index contributed by atoms with van der Waals surface area (Å²) in [6.07, 6.45) is 0.651. The van der Waals surface area contributed by atoms with E-state index in [1.807, 2.05) is 32.9 Å². The third-order valence-electron chi connectivity index (χ3n) is 6.72. The largest absolute Gasteiger partial charge is 0.384 e. The fourth-order valence-electron chi connectivity index (χ4n) is 5.44. The molecule has 33 heavy (non-hydrogen) atoms. The lowest BCUT2D eigenvalue weighted by molar-refractivity contribution is -0.123. The van der Waals surface area contributed by atoms with Crippen molar-refractivity contribution in [2.24, 2.45) is 11.1 Å². The van der Waals surface area contributed by atoms with Gasteiger partial charge in [-0.3, -0.25) is 14.5 Å². The van der Waals surface area contributed by atoms with Gasteiger partial charge < -0.3 is 11.1 Å². The van der Waals surface area contributed by atoms with E-state index in [0.29, 0.717) is 29.1 Å². The van der Waals surface area contributed by atoms with Crippen LogP contribution in [-0.2, 0) is 15.0 Å². The van der Waals surface area contributed by atoms with Crippen LogP contribution < -0.4 is 16.0 Å². The summed E-state index contributed by atoms with van der Waals surface area (Å²) in [7, 11) is 0. The van der Waals surface area contributed by atoms with Crippen molar-refractivity contribution in [1.82, 2.24) is 0 Å². The average Bonchev–Trinajstić information content (AvgIpc) is 2.99. The molecule has 3 aliphatic rings. The molecule has 1 amide bonds. The Kier molecular flexibility index (Phi) is 4.31. The van der Waals surface area contributed by atoms with Crippen LogP contribution in [0.1, 0.15) is 37.8 Å². The number of carbonyl (C=O) groups excluding carboxylic acids is 2. The van der Waals surface area contributed by atoms with Gasteiger partial charge in [-0.25, -0.2) is 4.39 Å². The average molecular weight is 442 g/mol. The Hall–Kier alpha value is -3.92. The lowest BCUT2D eigenvalue weighted by Gasteiger charge is -2.46. The molecule has 0 unspecified atom stereocenters. The molecule has 1 aliphatic carbocycles. The van der Waals surface area contributed by atoms with E-state index < -0.39 is 22.6 Å². The third kappa shape index (κ3) is 2.77. The van der Waals surface area contributed by atoms with Crippen LogP contribution in [0.5, 0.6) is 0 Å². The normalized spacial score (nSPS) is 23.4. The Morgan fingerprint density at radius 2 is 1.91 bits per heavy atom. The van der Waals surface area contributed by atoms with Crippen molar-refractivity contribution in [2.75, 3.05) is 10.2 Å². The monoisotopic (exact) mass is 442 g/mol. The minimum atomic E-state index is -1.63. The minimum Gasteiger partial charge on any atom is -0.384 e. The van der Waals surface area contributed by atoms with E-state index in [2.05, 4.69) is 11.4 Å². The summed E-state index contributed by atoms with van der Waals surface area (Å²) in [4.78, 5) is 29.0. The fraction of sp³-hybridized carbons (Fsp3) is 0.269. The summed E-state index contributed by atoms with van der Waals surface area (Å²) >= 11 is 0. The standard InChI is InChI=1S/C26H23FN4O2/c1-14-7-8-19-17(9-14)26(24(33)30-19)18(13-28)23(29)31(16-6-4-5-15(27)10-16)20-11-25(2,3)12-21(32)22(20)26/h4-10H,11-12,29H2,1-3H3,(H,30,33)/t26-/m1/s1. The topological polar surface area (TPSA) is 99.2 Å². The molecule has 0 bridgehead atoms. The van der Waals surface area contributed by atoms with E-state index in [0.717, 1.165) is 5.56 Å². The molecule has 0 fully saturated rings. The molecular formula is C26H23FN4O2. The summed E-state index contributed by atoms with van der Waals surface area (Å²) in [5, 5.41) is 13.2. The highest BCUT2D eigenvalue weighted by Crippen LogP contribution is 2.57. The highest BCUT2D eigenvalue weighted by molar-refractivity contribution is 6.20. The molecule has 1 spiro atoms. The van der Waals surface area contributed by atoms with Gasteiger partial charge in [0.2, 0.25) is 5.91 Å². The number of nitrogens with zero attached hydrogens (tertiary/aromatic N) is 2. The number of Topliss-reactive ketones (excluding diaryl/α,β-unsaturated/α-hetero) is 1. The van der Waals surface area contributed by atoms with Crippen LogP contribution >= 0.6 is 0 Å². The number of halogens is 1. The molecule has 6 nitrogen and oxygen atoms in total. The molecule has 7 heteroatoms. The molecule has 0 aromatic heterocycles. The van der Waals surface area contributed by atoms with E-state index in [-0.39, 0.29) is 29.2 Å². The number of ketones is 1. The first-order valence-corrected chi connectivity index (χ1v) is 10.8. The number of allylic oxidation sites excluding steroid dienone is 1. The Morgan fingerprint density at radius 3 is 2.61 bits per heavy atom. The van der Waals surface area contributed by atoms with Gasteiger partial charge in [0.15, 0.2) is 5.78 Å². The highest BCUT2D eigenvalue weighted by atomic mass is 19.1. The lowest BCUT2D eigenvalue weighted by atomic mass is 9.60. The highest BCUT2D eigenvalue weighted by Gasteiger charge is 2.61. The van der Waals surface area contributed by atoms with Crippen LogP contribution in [0.4, 0.5) is 15.8 Å². The quantitative estimate of drug-likeness (QED) is 0.690. The second kappa shape index (κ2) is 6.79. The van der Waals surface area contributed by atoms with Crippen molar-refractivity contribution in [1.29, 1.82) is 5.26 Å². The molecular weight excluding hydrogens is 419 g/mol. The van der Waals surface area contributed by atoms with Crippen molar-refractivity contribution >= 4 is 23.1 Å². The van der Waals surface area contributed by atoms with Crippen molar-refractivity contribution in [3.63, 3.8) is 0 Å². The fourth-order valence-corrected chi connectivity index (χ4v) is 5.44. The van der Waals surface area contributed by atoms with Gasteiger partial charge in [0.25, 0.3) is 0 Å². The number of amides is 1. The minimum absolute atomic E-state index is 0.0249. The molecule has 3 N–H and O–H groups in total. The first-order chi connectivity index (χ1) is 15.6. The van der Waals surface area contributed by atoms with Gasteiger partial charge >= 0.3 is 0 Å². The molecule has 1 atom stereocenters. The van der Waals surface area contributed by atoms with E-state index in [9.17, 15) is 19.2 Å². The van der Waals surface area contributed by atoms with Crippen LogP contribution in [0, 0.1) is 29.5 Å². The maximum absolute atomic E-state index is 14.2. The van der Waals surface area contributed by atoms with Crippen LogP contribution in [0.15, 0.2) is 65.1 Å². The maximum Gasteiger partial charge on any atom is 0.245 e. The van der Waals surface area contributed by atoms with Crippen molar-refractivity contribution < 1.29 is 14.0 Å². The SMILES string of the molecule is Cc1ccc2c(c1)[C@@]1(C(=O)N2)C(C#N)=C(N)N(c2cccc(F)c2)C2=C1C(=O)CC(C)(C)C2. The van der Waals surface area contributed by atoms with Gasteiger partial charge in [-0.2, -0.15) is 5.26 Å². The van der Waals surface area contributed by atoms with Gasteiger partial charge in [-0.15, -0.1) is 0 Å². The summed E-state index contributed by atoms with van der Waals surface area (Å²) in [6, 6.07) is 13.4. The summed E-state index contributed by atoms with van der Waals surface area (Å²) in [5.74, 6) is -1.13. The Balaban J connectivity index is 1.92. The number of nitrogens with two attached hydrogens (primary N) is 1. The predicted molar refractivity (Wildman–Crippen MR) is 122 cm³/mol. The Bertz CT molecular complexity index is 1360. The van der Waals surface area contributed by atoms with Crippen LogP contribution in [-0.4, -0.2) is 11.7 Å². The number of hydrogen-bond donors (Lipinski definition) is 2. The number of aryl methyl sites for hydroxylation is 1. The summed E-state index contributed by atoms with van der Waals surface area (Å²) < 4.78 is 14.2. The van der Waals surface area contributed by atoms with Gasteiger partial charge in [0.1, 0.15) is 23.1 Å². The maximum atomic E-state index is 14.2. The summed E-state index contributed by atoms with van der Waals surface area (Å²) in [6.45, 7) is 5.83. The number of nitriles is 1. The zero-order valence-electron chi connectivity index (χ0n) is 18.6. The molecule has 0 saturated carbocycles. The summed E-state index contributed by atoms with van der Waals surface area (Å²) in [5.41, 5.74) is 7.70. The number of benzene rings is 2. The van der Waals surface area contributed by atoms with Gasteiger partial charge in [0.05, 0.1) is 11.3 Å². The molecule has 2 aliphatic heterocycles. The molecule has 2 aromatic carbocycles. The Labute approximate surface area is 191 Å². The number of nitrogens with one attached hydrogen (secondary N) is 1. The van der Waals surface area contributed by atoms with Crippen molar-refractivity contribution in [2.45, 2.75) is 39.0 Å². The van der Waals surface area contributed by atoms with E-state index >= 15 is 0 Å². The van der Waals surface area contributed by atoms with E-state index in [1.54, 1.807) is 23.1 Å². The second-order valence-corrected chi connectivity index (χ2v) is 9.70. The van der Waals surface area contributed by atoms with Gasteiger partial charge in [-0.1, -0.05) is 37.6 Å². The Morgan fingerprint density at radius 1 is 1.15 bits per heavy atom. The van der Waals surface area contributed by atoms with Gasteiger partial charge in [-0.05, 0) is 43.0 Å². The molecule has 2 aromatic rings. The molecule has 0 saturated heterocycles. The van der Waals surface area contributed by atoms with Gasteiger partial charge in [0, 0.05) is 28.9 Å². The zero-order chi connectivity index (χ0) is 23.7. The van der Waals surface area contributed by atoms with Crippen molar-refractivity contribution in [3.8, 4) is 6.07 Å². The molecule has 5 rings (SSSR count). The zero-order valence-corrected chi connectivity index (χ0v) is 18.6. The number of hydrogen-bond acceptors (Lipinski definition) is 5. The van der Waals surface area contributed by atoms with Crippen molar-refractivity contribution in [3.05, 3.63) is 82.1 Å². The molecule has 166 valence electrons. The van der Waals surface area contributed by atoms with Crippen LogP contribution in [0.25, 0.3) is 0 Å². The first-order valence-electron chi connectivity index (χ1n) is 10.8. The van der Waals surface area contributed by atoms with E-state index in [1.165, 1.54) is 12.1 Å². The lowest BCUT2D eigenvalue weighted by Crippen LogP contribution is -2.52. The number of anilines is 2. The van der Waals surface area contributed by atoms with Crippen LogP contribution in [0.2, 0.25) is 0 Å². The molecule has 0 radical (unpaired) electrons. The second-order valence-electron chi connectivity index (χ2n) is 9.70. The third-order valence-corrected chi connectivity index (χ3v) is 6.72.